The van der Waals surface area contributed by atoms with Crippen molar-refractivity contribution in [3.63, 3.8) is 0 Å². The topological polar surface area (TPSA) is 20.2 Å². The number of nitrogens with one attached hydrogen (secondary N) is 1. The third kappa shape index (κ3) is 4.30. The first-order valence-corrected chi connectivity index (χ1v) is 13.2. The zero-order chi connectivity index (χ0) is 26.0. The van der Waals surface area contributed by atoms with Crippen LogP contribution in [-0.4, -0.2) is 4.57 Å². The minimum Gasteiger partial charge on any atom is -0.355 e. The van der Waals surface area contributed by atoms with Gasteiger partial charge in [-0.3, -0.25) is 0 Å². The number of rotatable bonds is 6. The Morgan fingerprint density at radius 3 is 1.64 bits per heavy atom. The summed E-state index contributed by atoms with van der Waals surface area (Å²) >= 11 is 0. The molecule has 186 valence electrons. The average molecular weight is 502 g/mol. The van der Waals surface area contributed by atoms with E-state index in [0.29, 0.717) is 0 Å². The first-order valence-electron chi connectivity index (χ1n) is 13.2. The van der Waals surface area contributed by atoms with Gasteiger partial charge in [-0.05, 0) is 78.9 Å². The normalized spacial score (nSPS) is 11.1. The maximum atomic E-state index is 3.57. The van der Waals surface area contributed by atoms with E-state index in [4.69, 9.17) is 0 Å². The molecule has 0 saturated heterocycles. The lowest BCUT2D eigenvalue weighted by Crippen LogP contribution is -2.09. The van der Waals surface area contributed by atoms with Gasteiger partial charge in [0.2, 0.25) is 0 Å². The second-order valence-electron chi connectivity index (χ2n) is 9.60. The Morgan fingerprint density at radius 2 is 1.00 bits per heavy atom. The van der Waals surface area contributed by atoms with Crippen LogP contribution in [0.15, 0.2) is 158 Å². The highest BCUT2D eigenvalue weighted by Crippen LogP contribution is 2.40. The van der Waals surface area contributed by atoms with Crippen LogP contribution >= 0.6 is 0 Å². The monoisotopic (exact) mass is 501 g/mol. The van der Waals surface area contributed by atoms with Gasteiger partial charge in [0.15, 0.2) is 0 Å². The molecule has 1 aromatic heterocycles. The molecule has 0 aliphatic carbocycles. The van der Waals surface area contributed by atoms with Gasteiger partial charge in [0, 0.05) is 44.9 Å². The number of para-hydroxylation sites is 4. The Bertz CT molecular complexity index is 1820. The van der Waals surface area contributed by atoms with E-state index in [-0.39, 0.29) is 0 Å². The van der Waals surface area contributed by atoms with Crippen LogP contribution in [0.25, 0.3) is 27.5 Å². The summed E-state index contributed by atoms with van der Waals surface area (Å²) in [6.07, 6.45) is 0. The first kappa shape index (κ1) is 22.9. The quantitative estimate of drug-likeness (QED) is 0.245. The Kier molecular flexibility index (Phi) is 5.80. The van der Waals surface area contributed by atoms with E-state index in [1.165, 1.54) is 21.8 Å². The number of fused-ring (bicyclic) bond motifs is 3. The fourth-order valence-corrected chi connectivity index (χ4v) is 5.37. The third-order valence-corrected chi connectivity index (χ3v) is 7.11. The Morgan fingerprint density at radius 1 is 0.410 bits per heavy atom. The molecule has 0 amide bonds. The van der Waals surface area contributed by atoms with E-state index in [9.17, 15) is 0 Å². The molecule has 7 rings (SSSR count). The molecule has 39 heavy (non-hydrogen) atoms. The van der Waals surface area contributed by atoms with Crippen LogP contribution in [-0.2, 0) is 0 Å². The lowest BCUT2D eigenvalue weighted by atomic mass is 10.1. The molecule has 0 saturated carbocycles. The average Bonchev–Trinajstić information content (AvgIpc) is 3.32. The Balaban J connectivity index is 1.44. The minimum atomic E-state index is 1.06. The van der Waals surface area contributed by atoms with Crippen LogP contribution < -0.4 is 10.2 Å². The van der Waals surface area contributed by atoms with Gasteiger partial charge in [0.25, 0.3) is 0 Å². The highest BCUT2D eigenvalue weighted by atomic mass is 15.1. The van der Waals surface area contributed by atoms with Crippen molar-refractivity contribution in [1.29, 1.82) is 0 Å². The number of nitrogens with zero attached hydrogens (tertiary/aromatic N) is 2. The highest BCUT2D eigenvalue weighted by molar-refractivity contribution is 6.11. The van der Waals surface area contributed by atoms with E-state index < -0.39 is 0 Å². The molecule has 0 aliphatic rings. The zero-order valence-electron chi connectivity index (χ0n) is 21.4. The van der Waals surface area contributed by atoms with Gasteiger partial charge in [-0.2, -0.15) is 0 Å². The lowest BCUT2D eigenvalue weighted by Gasteiger charge is -2.25. The van der Waals surface area contributed by atoms with Crippen LogP contribution in [0.4, 0.5) is 28.4 Å². The summed E-state index contributed by atoms with van der Waals surface area (Å²) in [6.45, 7) is 0. The summed E-state index contributed by atoms with van der Waals surface area (Å²) in [4.78, 5) is 2.32. The summed E-state index contributed by atoms with van der Waals surface area (Å²) in [5.41, 5.74) is 9.00. The van der Waals surface area contributed by atoms with Crippen molar-refractivity contribution < 1.29 is 0 Å². The van der Waals surface area contributed by atoms with Gasteiger partial charge in [0.1, 0.15) is 0 Å². The standard InChI is InChI=1S/C36H27N3/c1-5-13-27(14-6-1)37-28-21-23-33-34-26-32(38(29-15-7-2-8-16-29)30-17-9-3-10-18-30)22-24-35(34)39(36(33)25-28)31-19-11-4-12-20-31/h1-26,37H. The molecular weight excluding hydrogens is 474 g/mol. The highest BCUT2D eigenvalue weighted by Gasteiger charge is 2.17. The van der Waals surface area contributed by atoms with Crippen molar-refractivity contribution in [2.24, 2.45) is 0 Å². The molecule has 3 nitrogen and oxygen atoms in total. The van der Waals surface area contributed by atoms with Gasteiger partial charge in [-0.25, -0.2) is 0 Å². The Hall–Kier alpha value is -5.28. The summed E-state index contributed by atoms with van der Waals surface area (Å²) < 4.78 is 2.36. The molecule has 0 radical (unpaired) electrons. The van der Waals surface area contributed by atoms with E-state index in [1.54, 1.807) is 0 Å². The predicted molar refractivity (Wildman–Crippen MR) is 165 cm³/mol. The molecule has 0 atom stereocenters. The molecule has 0 aliphatic heterocycles. The molecule has 0 fully saturated rings. The second-order valence-corrected chi connectivity index (χ2v) is 9.60. The molecule has 1 N–H and O–H groups in total. The lowest BCUT2D eigenvalue weighted by molar-refractivity contribution is 1.18. The fraction of sp³-hybridized carbons (Fsp3) is 0. The number of anilines is 5. The van der Waals surface area contributed by atoms with Crippen molar-refractivity contribution in [3.8, 4) is 5.69 Å². The molecule has 0 bridgehead atoms. The van der Waals surface area contributed by atoms with Crippen molar-refractivity contribution in [2.45, 2.75) is 0 Å². The first-order chi connectivity index (χ1) is 19.3. The molecular formula is C36H27N3. The van der Waals surface area contributed by atoms with E-state index in [0.717, 1.165) is 34.1 Å². The fourth-order valence-electron chi connectivity index (χ4n) is 5.37. The number of hydrogen-bond donors (Lipinski definition) is 1. The van der Waals surface area contributed by atoms with Gasteiger partial charge >= 0.3 is 0 Å². The predicted octanol–water partition coefficient (Wildman–Crippen LogP) is 10.00. The number of hydrogen-bond acceptors (Lipinski definition) is 2. The van der Waals surface area contributed by atoms with Crippen LogP contribution in [0, 0.1) is 0 Å². The maximum absolute atomic E-state index is 3.57. The van der Waals surface area contributed by atoms with E-state index in [1.807, 2.05) is 6.07 Å². The smallest absolute Gasteiger partial charge is 0.0561 e. The summed E-state index contributed by atoms with van der Waals surface area (Å²) in [6, 6.07) is 55.5. The van der Waals surface area contributed by atoms with Gasteiger partial charge in [0.05, 0.1) is 11.0 Å². The zero-order valence-corrected chi connectivity index (χ0v) is 21.4. The van der Waals surface area contributed by atoms with Crippen molar-refractivity contribution >= 4 is 50.2 Å². The van der Waals surface area contributed by atoms with E-state index >= 15 is 0 Å². The van der Waals surface area contributed by atoms with Crippen LogP contribution in [0.3, 0.4) is 0 Å². The minimum absolute atomic E-state index is 1.06. The number of benzene rings is 6. The van der Waals surface area contributed by atoms with Crippen LogP contribution in [0.5, 0.6) is 0 Å². The summed E-state index contributed by atoms with van der Waals surface area (Å²) in [5, 5.41) is 6.01. The van der Waals surface area contributed by atoms with Gasteiger partial charge in [-0.15, -0.1) is 0 Å². The summed E-state index contributed by atoms with van der Waals surface area (Å²) in [5.74, 6) is 0. The molecule has 0 spiro atoms. The molecule has 6 aromatic carbocycles. The van der Waals surface area contributed by atoms with Gasteiger partial charge in [-0.1, -0.05) is 78.9 Å². The molecule has 3 heteroatoms. The van der Waals surface area contributed by atoms with Crippen molar-refractivity contribution in [1.82, 2.24) is 4.57 Å². The SMILES string of the molecule is c1ccc(Nc2ccc3c4cc(N(c5ccccc5)c5ccccc5)ccc4n(-c4ccccc4)c3c2)cc1. The largest absolute Gasteiger partial charge is 0.355 e. The molecule has 1 heterocycles. The molecule has 0 unspecified atom stereocenters. The van der Waals surface area contributed by atoms with Crippen molar-refractivity contribution in [3.05, 3.63) is 158 Å². The van der Waals surface area contributed by atoms with Gasteiger partial charge < -0.3 is 14.8 Å². The Labute approximate surface area is 228 Å². The second kappa shape index (κ2) is 9.88. The summed E-state index contributed by atoms with van der Waals surface area (Å²) in [7, 11) is 0. The van der Waals surface area contributed by atoms with Crippen LogP contribution in [0.1, 0.15) is 0 Å². The number of aromatic nitrogens is 1. The maximum Gasteiger partial charge on any atom is 0.0561 e. The van der Waals surface area contributed by atoms with Crippen molar-refractivity contribution in [2.75, 3.05) is 10.2 Å². The van der Waals surface area contributed by atoms with E-state index in [2.05, 4.69) is 166 Å². The van der Waals surface area contributed by atoms with Crippen LogP contribution in [0.2, 0.25) is 0 Å². The molecule has 7 aromatic rings. The third-order valence-electron chi connectivity index (χ3n) is 7.11.